The van der Waals surface area contributed by atoms with Crippen LogP contribution in [0.4, 0.5) is 0 Å². The molecule has 0 saturated carbocycles. The molecule has 0 amide bonds. The quantitative estimate of drug-likeness (QED) is 0.635. The van der Waals surface area contributed by atoms with Crippen molar-refractivity contribution in [3.05, 3.63) is 60.2 Å². The van der Waals surface area contributed by atoms with Crippen molar-refractivity contribution in [1.82, 2.24) is 0 Å². The zero-order chi connectivity index (χ0) is 11.3. The van der Waals surface area contributed by atoms with E-state index >= 15 is 0 Å². The van der Waals surface area contributed by atoms with Crippen molar-refractivity contribution in [3.8, 4) is 0 Å². The minimum absolute atomic E-state index is 0.198. The molecule has 0 aliphatic carbocycles. The molecular weight excluding hydrogens is 180 g/mol. The third-order valence-corrected chi connectivity index (χ3v) is 2.46. The second-order valence-corrected chi connectivity index (χ2v) is 4.75. The summed E-state index contributed by atoms with van der Waals surface area (Å²) in [6, 6.07) is 8.75. The Hall–Kier alpha value is -1.30. The fraction of sp³-hybridized carbons (Fsp3) is 0.333. The van der Waals surface area contributed by atoms with Crippen LogP contribution in [0.15, 0.2) is 49.1 Å². The fourth-order valence-corrected chi connectivity index (χ4v) is 1.62. The maximum atomic E-state index is 3.70. The average Bonchev–Trinajstić information content (AvgIpc) is 2.18. The first-order valence-corrected chi connectivity index (χ1v) is 5.39. The second-order valence-electron chi connectivity index (χ2n) is 4.75. The van der Waals surface area contributed by atoms with Gasteiger partial charge in [-0.15, -0.1) is 0 Å². The Morgan fingerprint density at radius 1 is 1.20 bits per heavy atom. The van der Waals surface area contributed by atoms with Crippen molar-refractivity contribution in [1.29, 1.82) is 0 Å². The first-order valence-electron chi connectivity index (χ1n) is 5.39. The number of allylic oxidation sites excluding steroid dienone is 3. The van der Waals surface area contributed by atoms with Gasteiger partial charge in [0, 0.05) is 0 Å². The van der Waals surface area contributed by atoms with E-state index < -0.39 is 0 Å². The molecule has 0 atom stereocenters. The van der Waals surface area contributed by atoms with Crippen molar-refractivity contribution >= 4 is 0 Å². The molecule has 15 heavy (non-hydrogen) atoms. The molecule has 80 valence electrons. The van der Waals surface area contributed by atoms with Gasteiger partial charge in [-0.2, -0.15) is 0 Å². The molecule has 0 N–H and O–H groups in total. The summed E-state index contributed by atoms with van der Waals surface area (Å²) in [5.41, 5.74) is 2.90. The average molecular weight is 200 g/mol. The number of rotatable bonds is 4. The SMILES string of the molecule is C=C/C=C\C(C)(C)Cc1ccc(C)cc1. The second kappa shape index (κ2) is 4.97. The summed E-state index contributed by atoms with van der Waals surface area (Å²) in [6.07, 6.45) is 7.13. The van der Waals surface area contributed by atoms with Crippen LogP contribution in [-0.2, 0) is 6.42 Å². The van der Waals surface area contributed by atoms with Crippen LogP contribution in [0.5, 0.6) is 0 Å². The van der Waals surface area contributed by atoms with Gasteiger partial charge < -0.3 is 0 Å². The van der Waals surface area contributed by atoms with Gasteiger partial charge >= 0.3 is 0 Å². The van der Waals surface area contributed by atoms with Gasteiger partial charge in [-0.1, -0.05) is 68.5 Å². The Morgan fingerprint density at radius 3 is 2.33 bits per heavy atom. The van der Waals surface area contributed by atoms with Crippen LogP contribution >= 0.6 is 0 Å². The summed E-state index contributed by atoms with van der Waals surface area (Å²) >= 11 is 0. The third kappa shape index (κ3) is 4.16. The molecule has 0 spiro atoms. The van der Waals surface area contributed by atoms with Crippen LogP contribution in [0.2, 0.25) is 0 Å². The summed E-state index contributed by atoms with van der Waals surface area (Å²) < 4.78 is 0. The van der Waals surface area contributed by atoms with Crippen LogP contribution in [0, 0.1) is 12.3 Å². The van der Waals surface area contributed by atoms with Crippen LogP contribution in [0.25, 0.3) is 0 Å². The van der Waals surface area contributed by atoms with Gasteiger partial charge in [-0.25, -0.2) is 0 Å². The third-order valence-electron chi connectivity index (χ3n) is 2.46. The predicted molar refractivity (Wildman–Crippen MR) is 68.0 cm³/mol. The van der Waals surface area contributed by atoms with E-state index in [1.54, 1.807) is 0 Å². The van der Waals surface area contributed by atoms with Gasteiger partial charge in [0.1, 0.15) is 0 Å². The van der Waals surface area contributed by atoms with Crippen molar-refractivity contribution in [2.45, 2.75) is 27.2 Å². The van der Waals surface area contributed by atoms with E-state index in [0.29, 0.717) is 0 Å². The molecule has 0 unspecified atom stereocenters. The van der Waals surface area contributed by atoms with E-state index in [9.17, 15) is 0 Å². The number of hydrogen-bond donors (Lipinski definition) is 0. The molecule has 0 saturated heterocycles. The molecule has 0 aromatic heterocycles. The maximum Gasteiger partial charge on any atom is -0.0131 e. The molecule has 0 heterocycles. The van der Waals surface area contributed by atoms with Gasteiger partial charge in [0.25, 0.3) is 0 Å². The van der Waals surface area contributed by atoms with E-state index in [4.69, 9.17) is 0 Å². The van der Waals surface area contributed by atoms with Gasteiger partial charge in [-0.05, 0) is 24.3 Å². The van der Waals surface area contributed by atoms with Crippen LogP contribution in [0.1, 0.15) is 25.0 Å². The van der Waals surface area contributed by atoms with E-state index in [2.05, 4.69) is 57.7 Å². The summed E-state index contributed by atoms with van der Waals surface area (Å²) in [5.74, 6) is 0. The van der Waals surface area contributed by atoms with E-state index in [-0.39, 0.29) is 5.41 Å². The largest absolute Gasteiger partial charge is 0.0991 e. The van der Waals surface area contributed by atoms with Crippen molar-refractivity contribution in [3.63, 3.8) is 0 Å². The van der Waals surface area contributed by atoms with Crippen LogP contribution in [-0.4, -0.2) is 0 Å². The highest BCUT2D eigenvalue weighted by Gasteiger charge is 2.13. The highest BCUT2D eigenvalue weighted by molar-refractivity contribution is 5.23. The van der Waals surface area contributed by atoms with Crippen LogP contribution in [0.3, 0.4) is 0 Å². The molecule has 1 aromatic rings. The normalized spacial score (nSPS) is 11.9. The van der Waals surface area contributed by atoms with Gasteiger partial charge in [0.15, 0.2) is 0 Å². The first-order chi connectivity index (χ1) is 7.03. The number of hydrogen-bond acceptors (Lipinski definition) is 0. The molecule has 0 aliphatic rings. The van der Waals surface area contributed by atoms with Gasteiger partial charge in [0.2, 0.25) is 0 Å². The zero-order valence-electron chi connectivity index (χ0n) is 9.96. The lowest BCUT2D eigenvalue weighted by atomic mass is 9.85. The molecule has 0 nitrogen and oxygen atoms in total. The molecule has 1 aromatic carbocycles. The molecule has 0 heteroatoms. The highest BCUT2D eigenvalue weighted by Crippen LogP contribution is 2.23. The Morgan fingerprint density at radius 2 is 1.80 bits per heavy atom. The van der Waals surface area contributed by atoms with Gasteiger partial charge in [-0.3, -0.25) is 0 Å². The fourth-order valence-electron chi connectivity index (χ4n) is 1.62. The Balaban J connectivity index is 2.72. The van der Waals surface area contributed by atoms with E-state index in [1.807, 2.05) is 12.2 Å². The molecule has 0 radical (unpaired) electrons. The molecule has 0 aliphatic heterocycles. The zero-order valence-corrected chi connectivity index (χ0v) is 9.96. The minimum atomic E-state index is 0.198. The Kier molecular flexibility index (Phi) is 3.90. The molecular formula is C15H20. The lowest BCUT2D eigenvalue weighted by Gasteiger charge is -2.20. The minimum Gasteiger partial charge on any atom is -0.0991 e. The maximum absolute atomic E-state index is 3.70. The van der Waals surface area contributed by atoms with E-state index in [0.717, 1.165) is 6.42 Å². The standard InChI is InChI=1S/C15H20/c1-5-6-11-15(3,4)12-14-9-7-13(2)8-10-14/h5-11H,1,12H2,2-4H3/b11-6-. The molecule has 0 bridgehead atoms. The summed E-state index contributed by atoms with van der Waals surface area (Å²) in [4.78, 5) is 0. The monoisotopic (exact) mass is 200 g/mol. The lowest BCUT2D eigenvalue weighted by Crippen LogP contribution is -2.11. The smallest absolute Gasteiger partial charge is 0.0131 e. The van der Waals surface area contributed by atoms with E-state index in [1.165, 1.54) is 11.1 Å². The lowest BCUT2D eigenvalue weighted by molar-refractivity contribution is 0.478. The molecule has 1 rings (SSSR count). The predicted octanol–water partition coefficient (Wildman–Crippen LogP) is 4.31. The van der Waals surface area contributed by atoms with Crippen molar-refractivity contribution in [2.75, 3.05) is 0 Å². The summed E-state index contributed by atoms with van der Waals surface area (Å²) in [5, 5.41) is 0. The van der Waals surface area contributed by atoms with Crippen molar-refractivity contribution in [2.24, 2.45) is 5.41 Å². The first kappa shape index (κ1) is 11.8. The van der Waals surface area contributed by atoms with Gasteiger partial charge in [0.05, 0.1) is 0 Å². The summed E-state index contributed by atoms with van der Waals surface area (Å²) in [7, 11) is 0. The molecule has 0 fully saturated rings. The topological polar surface area (TPSA) is 0 Å². The number of aryl methyl sites for hydroxylation is 1. The number of benzene rings is 1. The Bertz CT molecular complexity index is 339. The Labute approximate surface area is 93.3 Å². The highest BCUT2D eigenvalue weighted by atomic mass is 14.2. The van der Waals surface area contributed by atoms with Crippen LogP contribution < -0.4 is 0 Å². The van der Waals surface area contributed by atoms with Crippen molar-refractivity contribution < 1.29 is 0 Å². The summed E-state index contributed by atoms with van der Waals surface area (Å²) in [6.45, 7) is 10.3.